The number of ether oxygens (including phenoxy) is 2. The van der Waals surface area contributed by atoms with Crippen molar-refractivity contribution in [1.29, 1.82) is 0 Å². The summed E-state index contributed by atoms with van der Waals surface area (Å²) in [6.45, 7) is 4.22. The van der Waals surface area contributed by atoms with Crippen LogP contribution in [0.5, 0.6) is 11.5 Å². The second-order valence-electron chi connectivity index (χ2n) is 5.65. The van der Waals surface area contributed by atoms with Crippen LogP contribution in [0.3, 0.4) is 0 Å². The zero-order valence-corrected chi connectivity index (χ0v) is 15.1. The highest BCUT2D eigenvalue weighted by atomic mass is 35.5. The molecule has 124 valence electrons. The molecule has 0 fully saturated rings. The van der Waals surface area contributed by atoms with Gasteiger partial charge in [0.2, 0.25) is 0 Å². The van der Waals surface area contributed by atoms with Gasteiger partial charge in [0.25, 0.3) is 0 Å². The number of aryl methyl sites for hydroxylation is 2. The van der Waals surface area contributed by atoms with Crippen LogP contribution in [0, 0.1) is 6.92 Å². The number of fused-ring (bicyclic) bond motifs is 1. The smallest absolute Gasteiger partial charge is 0.161 e. The molecule has 3 aromatic rings. The summed E-state index contributed by atoms with van der Waals surface area (Å²) in [4.78, 5) is 4.91. The minimum Gasteiger partial charge on any atom is -0.493 e. The van der Waals surface area contributed by atoms with Crippen molar-refractivity contribution in [1.82, 2.24) is 4.98 Å². The second-order valence-corrected chi connectivity index (χ2v) is 6.08. The van der Waals surface area contributed by atoms with E-state index in [9.17, 15) is 0 Å². The standard InChI is InChI=1S/C20H20ClNO2/c1-5-17-12(2)15-10-18(23-3)19(24-4)11-16(15)20(22-17)13-6-8-14(21)9-7-13/h6-11H,5H2,1-4H3. The van der Waals surface area contributed by atoms with E-state index in [1.165, 1.54) is 5.56 Å². The van der Waals surface area contributed by atoms with Crippen LogP contribution in [0.25, 0.3) is 22.0 Å². The average molecular weight is 342 g/mol. The molecule has 0 N–H and O–H groups in total. The maximum atomic E-state index is 6.03. The third kappa shape index (κ3) is 2.80. The predicted molar refractivity (Wildman–Crippen MR) is 99.4 cm³/mol. The zero-order chi connectivity index (χ0) is 17.3. The molecule has 24 heavy (non-hydrogen) atoms. The van der Waals surface area contributed by atoms with E-state index in [-0.39, 0.29) is 0 Å². The first-order valence-electron chi connectivity index (χ1n) is 7.90. The molecule has 1 heterocycles. The highest BCUT2D eigenvalue weighted by molar-refractivity contribution is 6.30. The van der Waals surface area contributed by atoms with Crippen molar-refractivity contribution in [2.75, 3.05) is 14.2 Å². The monoisotopic (exact) mass is 341 g/mol. The number of aromatic nitrogens is 1. The van der Waals surface area contributed by atoms with Gasteiger partial charge in [-0.25, -0.2) is 0 Å². The molecule has 1 aromatic heterocycles. The first-order chi connectivity index (χ1) is 11.6. The van der Waals surface area contributed by atoms with Gasteiger partial charge < -0.3 is 9.47 Å². The highest BCUT2D eigenvalue weighted by Crippen LogP contribution is 2.38. The molecule has 0 atom stereocenters. The number of benzene rings is 2. The van der Waals surface area contributed by atoms with Crippen LogP contribution in [0.15, 0.2) is 36.4 Å². The van der Waals surface area contributed by atoms with Gasteiger partial charge >= 0.3 is 0 Å². The van der Waals surface area contributed by atoms with Gasteiger partial charge in [0.1, 0.15) is 0 Å². The molecule has 0 aliphatic heterocycles. The van der Waals surface area contributed by atoms with Crippen molar-refractivity contribution in [2.45, 2.75) is 20.3 Å². The molecular formula is C20H20ClNO2. The SMILES string of the molecule is CCc1nc(-c2ccc(Cl)cc2)c2cc(OC)c(OC)cc2c1C. The number of nitrogens with zero attached hydrogens (tertiary/aromatic N) is 1. The van der Waals surface area contributed by atoms with E-state index < -0.39 is 0 Å². The van der Waals surface area contributed by atoms with Crippen LogP contribution >= 0.6 is 11.6 Å². The van der Waals surface area contributed by atoms with Crippen molar-refractivity contribution >= 4 is 22.4 Å². The Hall–Kier alpha value is -2.26. The van der Waals surface area contributed by atoms with Crippen LogP contribution in [0.2, 0.25) is 5.02 Å². The van der Waals surface area contributed by atoms with Gasteiger partial charge in [-0.05, 0) is 48.6 Å². The molecule has 0 amide bonds. The molecule has 0 aliphatic rings. The lowest BCUT2D eigenvalue weighted by atomic mass is 9.97. The number of pyridine rings is 1. The van der Waals surface area contributed by atoms with Gasteiger partial charge in [-0.2, -0.15) is 0 Å². The highest BCUT2D eigenvalue weighted by Gasteiger charge is 2.15. The summed E-state index contributed by atoms with van der Waals surface area (Å²) >= 11 is 6.03. The third-order valence-electron chi connectivity index (χ3n) is 4.32. The zero-order valence-electron chi connectivity index (χ0n) is 14.3. The topological polar surface area (TPSA) is 31.4 Å². The molecule has 0 saturated carbocycles. The fourth-order valence-corrected chi connectivity index (χ4v) is 3.12. The van der Waals surface area contributed by atoms with Crippen molar-refractivity contribution in [3.8, 4) is 22.8 Å². The summed E-state index contributed by atoms with van der Waals surface area (Å²) in [5.74, 6) is 1.43. The first-order valence-corrected chi connectivity index (χ1v) is 8.28. The van der Waals surface area contributed by atoms with Crippen LogP contribution in [-0.4, -0.2) is 19.2 Å². The Balaban J connectivity index is 2.38. The number of rotatable bonds is 4. The Labute approximate surface area is 147 Å². The minimum absolute atomic E-state index is 0.700. The molecule has 2 aromatic carbocycles. The lowest BCUT2D eigenvalue weighted by Gasteiger charge is -2.16. The van der Waals surface area contributed by atoms with E-state index in [0.717, 1.165) is 39.9 Å². The summed E-state index contributed by atoms with van der Waals surface area (Å²) < 4.78 is 10.9. The van der Waals surface area contributed by atoms with Crippen LogP contribution < -0.4 is 9.47 Å². The van der Waals surface area contributed by atoms with E-state index >= 15 is 0 Å². The molecule has 0 bridgehead atoms. The molecule has 0 saturated heterocycles. The Morgan fingerprint density at radius 2 is 1.54 bits per heavy atom. The summed E-state index contributed by atoms with van der Waals surface area (Å²) in [5, 5.41) is 2.89. The largest absolute Gasteiger partial charge is 0.493 e. The Morgan fingerprint density at radius 1 is 0.958 bits per heavy atom. The van der Waals surface area contributed by atoms with Crippen molar-refractivity contribution in [3.05, 3.63) is 52.7 Å². The normalized spacial score (nSPS) is 10.9. The Bertz CT molecular complexity index is 889. The fourth-order valence-electron chi connectivity index (χ4n) is 2.99. The molecule has 0 aliphatic carbocycles. The van der Waals surface area contributed by atoms with Gasteiger partial charge in [-0.3, -0.25) is 4.98 Å². The van der Waals surface area contributed by atoms with Gasteiger partial charge in [-0.1, -0.05) is 30.7 Å². The molecule has 0 spiro atoms. The maximum Gasteiger partial charge on any atom is 0.161 e. The van der Waals surface area contributed by atoms with E-state index in [1.807, 2.05) is 36.4 Å². The molecule has 0 radical (unpaired) electrons. The Morgan fingerprint density at radius 3 is 2.08 bits per heavy atom. The average Bonchev–Trinajstić information content (AvgIpc) is 2.62. The van der Waals surface area contributed by atoms with Crippen LogP contribution in [0.1, 0.15) is 18.2 Å². The van der Waals surface area contributed by atoms with E-state index in [0.29, 0.717) is 10.8 Å². The summed E-state index contributed by atoms with van der Waals surface area (Å²) in [5.41, 5.74) is 4.22. The van der Waals surface area contributed by atoms with Gasteiger partial charge in [-0.15, -0.1) is 0 Å². The van der Waals surface area contributed by atoms with Crippen molar-refractivity contribution < 1.29 is 9.47 Å². The molecule has 0 unspecified atom stereocenters. The van der Waals surface area contributed by atoms with E-state index in [2.05, 4.69) is 13.8 Å². The van der Waals surface area contributed by atoms with Gasteiger partial charge in [0.15, 0.2) is 11.5 Å². The van der Waals surface area contributed by atoms with Crippen molar-refractivity contribution in [3.63, 3.8) is 0 Å². The third-order valence-corrected chi connectivity index (χ3v) is 4.57. The molecule has 3 nitrogen and oxygen atoms in total. The molecule has 3 rings (SSSR count). The van der Waals surface area contributed by atoms with Crippen LogP contribution in [-0.2, 0) is 6.42 Å². The lowest BCUT2D eigenvalue weighted by molar-refractivity contribution is 0.356. The van der Waals surface area contributed by atoms with E-state index in [1.54, 1.807) is 14.2 Å². The number of hydrogen-bond donors (Lipinski definition) is 0. The number of hydrogen-bond acceptors (Lipinski definition) is 3. The predicted octanol–water partition coefficient (Wildman–Crippen LogP) is 5.44. The quantitative estimate of drug-likeness (QED) is 0.633. The number of methoxy groups -OCH3 is 2. The molecule has 4 heteroatoms. The Kier molecular flexibility index (Phi) is 4.63. The van der Waals surface area contributed by atoms with Gasteiger partial charge in [0, 0.05) is 21.7 Å². The van der Waals surface area contributed by atoms with Gasteiger partial charge in [0.05, 0.1) is 19.9 Å². The van der Waals surface area contributed by atoms with Crippen molar-refractivity contribution in [2.24, 2.45) is 0 Å². The van der Waals surface area contributed by atoms with E-state index in [4.69, 9.17) is 26.1 Å². The lowest BCUT2D eigenvalue weighted by Crippen LogP contribution is -1.99. The summed E-state index contributed by atoms with van der Waals surface area (Å²) in [7, 11) is 3.30. The maximum absolute atomic E-state index is 6.03. The first kappa shape index (κ1) is 16.6. The molecular weight excluding hydrogens is 322 g/mol. The summed E-state index contributed by atoms with van der Waals surface area (Å²) in [6, 6.07) is 11.8. The van der Waals surface area contributed by atoms with Crippen LogP contribution in [0.4, 0.5) is 0 Å². The second kappa shape index (κ2) is 6.70. The number of halogens is 1. The fraction of sp³-hybridized carbons (Fsp3) is 0.250. The summed E-state index contributed by atoms with van der Waals surface area (Å²) in [6.07, 6.45) is 0.872. The minimum atomic E-state index is 0.700.